The van der Waals surface area contributed by atoms with Crippen molar-refractivity contribution in [1.29, 1.82) is 0 Å². The van der Waals surface area contributed by atoms with Crippen LogP contribution < -0.4 is 10.2 Å². The number of rotatable bonds is 4. The Morgan fingerprint density at radius 2 is 1.69 bits per heavy atom. The smallest absolute Gasteiger partial charge is 0.154 e. The first-order chi connectivity index (χ1) is 13.5. The SMILES string of the molecule is Cc1c(F)c(N2CCc3cc(F)ccc3C2)c(F)c(C)c1NC(O)CC(C)(C)C. The van der Waals surface area contributed by atoms with Gasteiger partial charge in [0.2, 0.25) is 0 Å². The van der Waals surface area contributed by atoms with Gasteiger partial charge in [-0.15, -0.1) is 0 Å². The first-order valence-corrected chi connectivity index (χ1v) is 9.93. The molecule has 3 rings (SSSR count). The minimum Gasteiger partial charge on any atom is -0.374 e. The molecule has 1 aliphatic heterocycles. The second-order valence-corrected chi connectivity index (χ2v) is 9.11. The minimum atomic E-state index is -0.909. The van der Waals surface area contributed by atoms with Gasteiger partial charge >= 0.3 is 0 Å². The molecule has 6 heteroatoms. The summed E-state index contributed by atoms with van der Waals surface area (Å²) in [6, 6.07) is 4.53. The third kappa shape index (κ3) is 4.53. The summed E-state index contributed by atoms with van der Waals surface area (Å²) in [7, 11) is 0. The summed E-state index contributed by atoms with van der Waals surface area (Å²) in [5, 5.41) is 13.2. The summed E-state index contributed by atoms with van der Waals surface area (Å²) in [5.41, 5.74) is 2.39. The van der Waals surface area contributed by atoms with Crippen LogP contribution in [-0.4, -0.2) is 17.9 Å². The van der Waals surface area contributed by atoms with E-state index in [2.05, 4.69) is 5.32 Å². The summed E-state index contributed by atoms with van der Waals surface area (Å²) in [6.45, 7) is 9.87. The highest BCUT2D eigenvalue weighted by Crippen LogP contribution is 2.37. The summed E-state index contributed by atoms with van der Waals surface area (Å²) < 4.78 is 43.9. The molecule has 0 spiro atoms. The van der Waals surface area contributed by atoms with Crippen LogP contribution in [0.25, 0.3) is 0 Å². The lowest BCUT2D eigenvalue weighted by atomic mass is 9.91. The maximum Gasteiger partial charge on any atom is 0.154 e. The average Bonchev–Trinajstić information content (AvgIpc) is 2.62. The van der Waals surface area contributed by atoms with E-state index in [1.165, 1.54) is 12.1 Å². The summed E-state index contributed by atoms with van der Waals surface area (Å²) in [4.78, 5) is 1.67. The van der Waals surface area contributed by atoms with E-state index in [9.17, 15) is 9.50 Å². The molecule has 0 aromatic heterocycles. The van der Waals surface area contributed by atoms with Gasteiger partial charge in [0, 0.05) is 29.9 Å². The predicted molar refractivity (Wildman–Crippen MR) is 111 cm³/mol. The molecule has 2 aromatic rings. The topological polar surface area (TPSA) is 35.5 Å². The Kier molecular flexibility index (Phi) is 5.86. The maximum atomic E-state index is 15.3. The third-order valence-corrected chi connectivity index (χ3v) is 5.44. The summed E-state index contributed by atoms with van der Waals surface area (Å²) >= 11 is 0. The Balaban J connectivity index is 1.93. The Morgan fingerprint density at radius 3 is 2.28 bits per heavy atom. The van der Waals surface area contributed by atoms with Gasteiger partial charge < -0.3 is 15.3 Å². The molecule has 0 saturated heterocycles. The first kappa shape index (κ1) is 21.5. The molecule has 0 bridgehead atoms. The van der Waals surface area contributed by atoms with E-state index < -0.39 is 17.9 Å². The van der Waals surface area contributed by atoms with Crippen molar-refractivity contribution in [3.63, 3.8) is 0 Å². The molecule has 0 amide bonds. The van der Waals surface area contributed by atoms with Crippen LogP contribution in [-0.2, 0) is 13.0 Å². The van der Waals surface area contributed by atoms with E-state index in [0.29, 0.717) is 31.6 Å². The van der Waals surface area contributed by atoms with Crippen molar-refractivity contribution in [1.82, 2.24) is 0 Å². The monoisotopic (exact) mass is 406 g/mol. The van der Waals surface area contributed by atoms with Crippen LogP contribution in [0.3, 0.4) is 0 Å². The van der Waals surface area contributed by atoms with Crippen molar-refractivity contribution in [3.8, 4) is 0 Å². The highest BCUT2D eigenvalue weighted by atomic mass is 19.1. The number of nitrogens with one attached hydrogen (secondary N) is 1. The molecule has 0 aliphatic carbocycles. The highest BCUT2D eigenvalue weighted by molar-refractivity contribution is 5.68. The van der Waals surface area contributed by atoms with Crippen LogP contribution in [0.2, 0.25) is 0 Å². The Hall–Kier alpha value is -2.21. The Labute approximate surface area is 170 Å². The van der Waals surface area contributed by atoms with Gasteiger partial charge in [-0.2, -0.15) is 0 Å². The lowest BCUT2D eigenvalue weighted by Crippen LogP contribution is -2.33. The second-order valence-electron chi connectivity index (χ2n) is 9.11. The first-order valence-electron chi connectivity index (χ1n) is 9.93. The number of aliphatic hydroxyl groups excluding tert-OH is 1. The molecule has 0 radical (unpaired) electrons. The maximum absolute atomic E-state index is 15.3. The standard InChI is InChI=1S/C23H29F3N2O/c1-13-19(25)22(28-9-8-15-10-17(24)7-6-16(15)12-28)20(26)14(2)21(13)27-18(29)11-23(3,4)5/h6-7,10,18,27,29H,8-9,11-12H2,1-5H3. The van der Waals surface area contributed by atoms with Gasteiger partial charge in [-0.25, -0.2) is 13.2 Å². The largest absolute Gasteiger partial charge is 0.374 e. The molecule has 158 valence electrons. The molecule has 1 atom stereocenters. The van der Waals surface area contributed by atoms with E-state index in [4.69, 9.17) is 0 Å². The van der Waals surface area contributed by atoms with Crippen LogP contribution in [0.4, 0.5) is 24.5 Å². The molecule has 3 nitrogen and oxygen atoms in total. The zero-order valence-corrected chi connectivity index (χ0v) is 17.7. The molecule has 0 saturated carbocycles. The van der Waals surface area contributed by atoms with Crippen LogP contribution in [0.15, 0.2) is 18.2 Å². The lowest BCUT2D eigenvalue weighted by molar-refractivity contribution is 0.145. The highest BCUT2D eigenvalue weighted by Gasteiger charge is 2.28. The lowest BCUT2D eigenvalue weighted by Gasteiger charge is -2.33. The quantitative estimate of drug-likeness (QED) is 0.663. The fraction of sp³-hybridized carbons (Fsp3) is 0.478. The molecule has 29 heavy (non-hydrogen) atoms. The Bertz CT molecular complexity index is 892. The predicted octanol–water partition coefficient (Wildman–Crippen LogP) is 5.45. The van der Waals surface area contributed by atoms with E-state index in [0.717, 1.165) is 11.1 Å². The molecule has 2 N–H and O–H groups in total. The average molecular weight is 406 g/mol. The minimum absolute atomic E-state index is 0.0640. The molecule has 1 unspecified atom stereocenters. The molecule has 0 fully saturated rings. The number of halogens is 3. The number of anilines is 2. The van der Waals surface area contributed by atoms with Gasteiger partial charge in [0.05, 0.1) is 0 Å². The summed E-state index contributed by atoms with van der Waals surface area (Å²) in [5.74, 6) is -1.57. The summed E-state index contributed by atoms with van der Waals surface area (Å²) in [6.07, 6.45) is 0.0545. The fourth-order valence-corrected chi connectivity index (χ4v) is 3.96. The number of hydrogen-bond donors (Lipinski definition) is 2. The van der Waals surface area contributed by atoms with Crippen molar-refractivity contribution in [2.45, 2.75) is 60.2 Å². The van der Waals surface area contributed by atoms with E-state index in [1.807, 2.05) is 20.8 Å². The zero-order valence-electron chi connectivity index (χ0n) is 17.7. The number of hydrogen-bond acceptors (Lipinski definition) is 3. The van der Waals surface area contributed by atoms with Crippen molar-refractivity contribution in [2.75, 3.05) is 16.8 Å². The van der Waals surface area contributed by atoms with Crippen LogP contribution in [0.1, 0.15) is 49.4 Å². The van der Waals surface area contributed by atoms with Crippen molar-refractivity contribution < 1.29 is 18.3 Å². The van der Waals surface area contributed by atoms with Gasteiger partial charge in [-0.1, -0.05) is 26.8 Å². The van der Waals surface area contributed by atoms with Gasteiger partial charge in [-0.3, -0.25) is 0 Å². The normalized spacial score (nSPS) is 15.3. The van der Waals surface area contributed by atoms with Gasteiger partial charge in [0.15, 0.2) is 11.6 Å². The molecule has 1 heterocycles. The molecular weight excluding hydrogens is 377 g/mol. The third-order valence-electron chi connectivity index (χ3n) is 5.44. The van der Waals surface area contributed by atoms with Crippen LogP contribution in [0.5, 0.6) is 0 Å². The molecule has 1 aliphatic rings. The van der Waals surface area contributed by atoms with Gasteiger partial charge in [-0.05, 0) is 55.4 Å². The number of nitrogens with zero attached hydrogens (tertiary/aromatic N) is 1. The Morgan fingerprint density at radius 1 is 1.07 bits per heavy atom. The number of benzene rings is 2. The molecule has 2 aromatic carbocycles. The fourth-order valence-electron chi connectivity index (χ4n) is 3.96. The van der Waals surface area contributed by atoms with E-state index in [1.54, 1.807) is 24.8 Å². The zero-order chi connectivity index (χ0) is 21.5. The molecular formula is C23H29F3N2O. The van der Waals surface area contributed by atoms with Crippen molar-refractivity contribution in [3.05, 3.63) is 57.9 Å². The van der Waals surface area contributed by atoms with Gasteiger partial charge in [0.25, 0.3) is 0 Å². The van der Waals surface area contributed by atoms with Crippen LogP contribution >= 0.6 is 0 Å². The number of fused-ring (bicyclic) bond motifs is 1. The van der Waals surface area contributed by atoms with Crippen molar-refractivity contribution in [2.24, 2.45) is 5.41 Å². The van der Waals surface area contributed by atoms with E-state index in [-0.39, 0.29) is 28.0 Å². The second kappa shape index (κ2) is 7.90. The number of aliphatic hydroxyl groups is 1. The van der Waals surface area contributed by atoms with Crippen LogP contribution in [0, 0.1) is 36.7 Å². The van der Waals surface area contributed by atoms with E-state index >= 15 is 8.78 Å². The van der Waals surface area contributed by atoms with Gasteiger partial charge in [0.1, 0.15) is 17.7 Å². The van der Waals surface area contributed by atoms with Crippen molar-refractivity contribution >= 4 is 11.4 Å².